The van der Waals surface area contributed by atoms with E-state index < -0.39 is 0 Å². The van der Waals surface area contributed by atoms with Gasteiger partial charge in [0.05, 0.1) is 0 Å². The van der Waals surface area contributed by atoms with Crippen molar-refractivity contribution in [3.05, 3.63) is 12.3 Å². The standard InChI is InChI=1S/C12H22N4/c1-6-9(2)10(3)14-11-7-8-13-12(15-11)16(4)5/h7-10H,6H2,1-5H3,(H,13,14,15). The van der Waals surface area contributed by atoms with Crippen LogP contribution in [0.5, 0.6) is 0 Å². The Labute approximate surface area is 98.1 Å². The molecule has 0 saturated heterocycles. The second-order valence-electron chi connectivity index (χ2n) is 4.45. The Morgan fingerprint density at radius 3 is 2.62 bits per heavy atom. The number of nitrogens with one attached hydrogen (secondary N) is 1. The SMILES string of the molecule is CCC(C)C(C)Nc1ccnc(N(C)C)n1. The summed E-state index contributed by atoms with van der Waals surface area (Å²) < 4.78 is 0. The molecule has 4 heteroatoms. The van der Waals surface area contributed by atoms with E-state index in [0.29, 0.717) is 12.0 Å². The summed E-state index contributed by atoms with van der Waals surface area (Å²) >= 11 is 0. The highest BCUT2D eigenvalue weighted by molar-refractivity contribution is 5.40. The normalized spacial score (nSPS) is 14.3. The van der Waals surface area contributed by atoms with Crippen LogP contribution in [0.15, 0.2) is 12.3 Å². The monoisotopic (exact) mass is 222 g/mol. The van der Waals surface area contributed by atoms with Gasteiger partial charge >= 0.3 is 0 Å². The molecule has 2 unspecified atom stereocenters. The van der Waals surface area contributed by atoms with E-state index in [2.05, 4.69) is 36.1 Å². The molecule has 2 atom stereocenters. The van der Waals surface area contributed by atoms with E-state index in [0.717, 1.165) is 11.8 Å². The lowest BCUT2D eigenvalue weighted by Crippen LogP contribution is -2.24. The van der Waals surface area contributed by atoms with Gasteiger partial charge in [0, 0.05) is 26.3 Å². The molecule has 0 saturated carbocycles. The Kier molecular flexibility index (Phi) is 4.52. The van der Waals surface area contributed by atoms with Crippen LogP contribution in [-0.2, 0) is 0 Å². The third-order valence-electron chi connectivity index (χ3n) is 2.92. The van der Waals surface area contributed by atoms with Crippen LogP contribution in [0.4, 0.5) is 11.8 Å². The molecule has 0 aliphatic heterocycles. The fraction of sp³-hybridized carbons (Fsp3) is 0.667. The van der Waals surface area contributed by atoms with Crippen molar-refractivity contribution in [1.82, 2.24) is 9.97 Å². The highest BCUT2D eigenvalue weighted by Crippen LogP contribution is 2.14. The highest BCUT2D eigenvalue weighted by Gasteiger charge is 2.10. The Morgan fingerprint density at radius 1 is 1.38 bits per heavy atom. The van der Waals surface area contributed by atoms with E-state index >= 15 is 0 Å². The average molecular weight is 222 g/mol. The van der Waals surface area contributed by atoms with Crippen molar-refractivity contribution in [2.45, 2.75) is 33.2 Å². The van der Waals surface area contributed by atoms with Crippen LogP contribution in [0.3, 0.4) is 0 Å². The fourth-order valence-corrected chi connectivity index (χ4v) is 1.37. The van der Waals surface area contributed by atoms with Crippen molar-refractivity contribution in [2.24, 2.45) is 5.92 Å². The van der Waals surface area contributed by atoms with E-state index in [1.54, 1.807) is 6.20 Å². The van der Waals surface area contributed by atoms with Crippen LogP contribution < -0.4 is 10.2 Å². The predicted octanol–water partition coefficient (Wildman–Crippen LogP) is 2.39. The number of anilines is 2. The van der Waals surface area contributed by atoms with Gasteiger partial charge in [-0.1, -0.05) is 20.3 Å². The summed E-state index contributed by atoms with van der Waals surface area (Å²) in [4.78, 5) is 10.5. The maximum absolute atomic E-state index is 4.43. The number of hydrogen-bond donors (Lipinski definition) is 1. The van der Waals surface area contributed by atoms with Crippen molar-refractivity contribution in [1.29, 1.82) is 0 Å². The molecule has 90 valence electrons. The van der Waals surface area contributed by atoms with E-state index in [-0.39, 0.29) is 0 Å². The Bertz CT molecular complexity index is 325. The summed E-state index contributed by atoms with van der Waals surface area (Å²) in [6.45, 7) is 6.63. The second-order valence-corrected chi connectivity index (χ2v) is 4.45. The van der Waals surface area contributed by atoms with Gasteiger partial charge in [-0.25, -0.2) is 4.98 Å². The maximum atomic E-state index is 4.43. The number of nitrogens with zero attached hydrogens (tertiary/aromatic N) is 3. The molecular weight excluding hydrogens is 200 g/mol. The number of hydrogen-bond acceptors (Lipinski definition) is 4. The van der Waals surface area contributed by atoms with E-state index in [1.807, 2.05) is 25.1 Å². The van der Waals surface area contributed by atoms with Crippen molar-refractivity contribution >= 4 is 11.8 Å². The van der Waals surface area contributed by atoms with Crippen LogP contribution in [0.1, 0.15) is 27.2 Å². The molecule has 0 fully saturated rings. The smallest absolute Gasteiger partial charge is 0.226 e. The minimum Gasteiger partial charge on any atom is -0.367 e. The maximum Gasteiger partial charge on any atom is 0.226 e. The van der Waals surface area contributed by atoms with Crippen LogP contribution in [0, 0.1) is 5.92 Å². The Balaban J connectivity index is 2.70. The first-order valence-electron chi connectivity index (χ1n) is 5.81. The molecular formula is C12H22N4. The topological polar surface area (TPSA) is 41.1 Å². The molecule has 0 spiro atoms. The van der Waals surface area contributed by atoms with Crippen LogP contribution in [-0.4, -0.2) is 30.1 Å². The molecule has 0 amide bonds. The van der Waals surface area contributed by atoms with E-state index in [4.69, 9.17) is 0 Å². The van der Waals surface area contributed by atoms with Crippen LogP contribution in [0.2, 0.25) is 0 Å². The lowest BCUT2D eigenvalue weighted by atomic mass is 10.0. The summed E-state index contributed by atoms with van der Waals surface area (Å²) in [5.74, 6) is 2.27. The lowest BCUT2D eigenvalue weighted by molar-refractivity contribution is 0.493. The lowest BCUT2D eigenvalue weighted by Gasteiger charge is -2.21. The van der Waals surface area contributed by atoms with Gasteiger partial charge in [-0.15, -0.1) is 0 Å². The minimum absolute atomic E-state index is 0.426. The number of rotatable bonds is 5. The van der Waals surface area contributed by atoms with Crippen molar-refractivity contribution in [2.75, 3.05) is 24.3 Å². The third-order valence-corrected chi connectivity index (χ3v) is 2.92. The fourth-order valence-electron chi connectivity index (χ4n) is 1.37. The molecule has 1 aromatic rings. The summed E-state index contributed by atoms with van der Waals surface area (Å²) in [7, 11) is 3.88. The first kappa shape index (κ1) is 12.7. The van der Waals surface area contributed by atoms with Gasteiger partial charge in [0.15, 0.2) is 0 Å². The Hall–Kier alpha value is -1.32. The summed E-state index contributed by atoms with van der Waals surface area (Å²) in [6.07, 6.45) is 2.95. The zero-order chi connectivity index (χ0) is 12.1. The zero-order valence-electron chi connectivity index (χ0n) is 10.9. The summed E-state index contributed by atoms with van der Waals surface area (Å²) in [5, 5.41) is 3.41. The predicted molar refractivity (Wildman–Crippen MR) is 68.9 cm³/mol. The molecule has 0 bridgehead atoms. The van der Waals surface area contributed by atoms with E-state index in [1.165, 1.54) is 6.42 Å². The highest BCUT2D eigenvalue weighted by atomic mass is 15.2. The summed E-state index contributed by atoms with van der Waals surface area (Å²) in [5.41, 5.74) is 0. The summed E-state index contributed by atoms with van der Waals surface area (Å²) in [6, 6.07) is 2.33. The van der Waals surface area contributed by atoms with Gasteiger partial charge in [0.2, 0.25) is 5.95 Å². The molecule has 1 rings (SSSR count). The molecule has 4 nitrogen and oxygen atoms in total. The molecule has 16 heavy (non-hydrogen) atoms. The van der Waals surface area contributed by atoms with Crippen LogP contribution in [0.25, 0.3) is 0 Å². The molecule has 0 aliphatic carbocycles. The number of aromatic nitrogens is 2. The Morgan fingerprint density at radius 2 is 2.06 bits per heavy atom. The quantitative estimate of drug-likeness (QED) is 0.830. The van der Waals surface area contributed by atoms with Gasteiger partial charge < -0.3 is 10.2 Å². The van der Waals surface area contributed by atoms with E-state index in [9.17, 15) is 0 Å². The molecule has 1 heterocycles. The van der Waals surface area contributed by atoms with Crippen LogP contribution >= 0.6 is 0 Å². The first-order valence-corrected chi connectivity index (χ1v) is 5.81. The molecule has 1 N–H and O–H groups in total. The van der Waals surface area contributed by atoms with Gasteiger partial charge in [0.25, 0.3) is 0 Å². The van der Waals surface area contributed by atoms with Gasteiger partial charge in [-0.2, -0.15) is 4.98 Å². The van der Waals surface area contributed by atoms with Crippen molar-refractivity contribution in [3.8, 4) is 0 Å². The minimum atomic E-state index is 0.426. The molecule has 1 aromatic heterocycles. The zero-order valence-corrected chi connectivity index (χ0v) is 10.9. The average Bonchev–Trinajstić information content (AvgIpc) is 2.28. The molecule has 0 aliphatic rings. The van der Waals surface area contributed by atoms with Crippen molar-refractivity contribution < 1.29 is 0 Å². The molecule has 0 aromatic carbocycles. The van der Waals surface area contributed by atoms with Crippen molar-refractivity contribution in [3.63, 3.8) is 0 Å². The van der Waals surface area contributed by atoms with Gasteiger partial charge in [-0.05, 0) is 18.9 Å². The molecule has 0 radical (unpaired) electrons. The first-order chi connectivity index (χ1) is 7.54. The van der Waals surface area contributed by atoms with Gasteiger partial charge in [-0.3, -0.25) is 0 Å². The second kappa shape index (κ2) is 5.68. The van der Waals surface area contributed by atoms with Gasteiger partial charge in [0.1, 0.15) is 5.82 Å². The largest absolute Gasteiger partial charge is 0.367 e. The third kappa shape index (κ3) is 3.36.